The molecule has 0 aliphatic carbocycles. The van der Waals surface area contributed by atoms with E-state index in [1.165, 1.54) is 11.3 Å². The zero-order valence-corrected chi connectivity index (χ0v) is 11.7. The Morgan fingerprint density at radius 2 is 2.00 bits per heavy atom. The summed E-state index contributed by atoms with van der Waals surface area (Å²) >= 11 is 1.44. The highest BCUT2D eigenvalue weighted by atomic mass is 32.1. The number of nitrogens with zero attached hydrogens (tertiary/aromatic N) is 1. The zero-order chi connectivity index (χ0) is 13.0. The molecular formula is C12H20N2O2S. The van der Waals surface area contributed by atoms with E-state index >= 15 is 0 Å². The number of methoxy groups -OCH3 is 1. The maximum atomic E-state index is 12.3. The molecule has 0 saturated carbocycles. The standard InChI is InChI=1S/C12H20N2O2S/c1-5-14(6-2)12(15)10-8(3)9(7-16-4)17-11(10)13/h5-7,13H2,1-4H3. The quantitative estimate of drug-likeness (QED) is 0.879. The lowest BCUT2D eigenvalue weighted by Gasteiger charge is -2.19. The van der Waals surface area contributed by atoms with Gasteiger partial charge in [0, 0.05) is 25.1 Å². The number of anilines is 1. The van der Waals surface area contributed by atoms with Gasteiger partial charge < -0.3 is 15.4 Å². The van der Waals surface area contributed by atoms with Crippen LogP contribution in [0.25, 0.3) is 0 Å². The van der Waals surface area contributed by atoms with E-state index in [1.807, 2.05) is 20.8 Å². The van der Waals surface area contributed by atoms with Gasteiger partial charge in [-0.2, -0.15) is 0 Å². The summed E-state index contributed by atoms with van der Waals surface area (Å²) in [6, 6.07) is 0. The third kappa shape index (κ3) is 2.79. The van der Waals surface area contributed by atoms with Gasteiger partial charge in [0.25, 0.3) is 5.91 Å². The summed E-state index contributed by atoms with van der Waals surface area (Å²) in [6.07, 6.45) is 0. The van der Waals surface area contributed by atoms with E-state index in [1.54, 1.807) is 12.0 Å². The number of carbonyl (C=O) groups excluding carboxylic acids is 1. The van der Waals surface area contributed by atoms with Gasteiger partial charge in [-0.3, -0.25) is 4.79 Å². The third-order valence-electron chi connectivity index (χ3n) is 2.81. The van der Waals surface area contributed by atoms with Crippen LogP contribution in [-0.2, 0) is 11.3 Å². The smallest absolute Gasteiger partial charge is 0.257 e. The van der Waals surface area contributed by atoms with Gasteiger partial charge in [-0.1, -0.05) is 0 Å². The molecule has 0 atom stereocenters. The van der Waals surface area contributed by atoms with Crippen LogP contribution in [0.5, 0.6) is 0 Å². The molecule has 4 nitrogen and oxygen atoms in total. The Balaban J connectivity index is 3.09. The summed E-state index contributed by atoms with van der Waals surface area (Å²) in [6.45, 7) is 7.77. The molecule has 1 aromatic heterocycles. The highest BCUT2D eigenvalue weighted by Crippen LogP contribution is 2.31. The fourth-order valence-electron chi connectivity index (χ4n) is 1.79. The van der Waals surface area contributed by atoms with Crippen LogP contribution in [0.3, 0.4) is 0 Å². The SMILES string of the molecule is CCN(CC)C(=O)c1c(N)sc(COC)c1C. The minimum Gasteiger partial charge on any atom is -0.390 e. The summed E-state index contributed by atoms with van der Waals surface area (Å²) in [5.74, 6) is 0.0172. The Hall–Kier alpha value is -1.07. The van der Waals surface area contributed by atoms with Crippen molar-refractivity contribution in [3.8, 4) is 0 Å². The third-order valence-corrected chi connectivity index (χ3v) is 3.91. The Labute approximate surface area is 106 Å². The molecule has 1 amide bonds. The fraction of sp³-hybridized carbons (Fsp3) is 0.583. The van der Waals surface area contributed by atoms with Gasteiger partial charge in [-0.15, -0.1) is 11.3 Å². The molecule has 0 unspecified atom stereocenters. The van der Waals surface area contributed by atoms with Crippen molar-refractivity contribution in [2.75, 3.05) is 25.9 Å². The summed E-state index contributed by atoms with van der Waals surface area (Å²) in [5, 5.41) is 0.589. The number of hydrogen-bond acceptors (Lipinski definition) is 4. The summed E-state index contributed by atoms with van der Waals surface area (Å²) < 4.78 is 5.10. The molecule has 0 fully saturated rings. The van der Waals surface area contributed by atoms with Crippen molar-refractivity contribution in [3.05, 3.63) is 16.0 Å². The largest absolute Gasteiger partial charge is 0.390 e. The molecule has 0 spiro atoms. The summed E-state index contributed by atoms with van der Waals surface area (Å²) in [5.41, 5.74) is 7.53. The van der Waals surface area contributed by atoms with Crippen LogP contribution in [0.4, 0.5) is 5.00 Å². The second-order valence-corrected chi connectivity index (χ2v) is 4.94. The van der Waals surface area contributed by atoms with Gasteiger partial charge in [0.05, 0.1) is 17.2 Å². The Bertz CT molecular complexity index is 397. The number of hydrogen-bond donors (Lipinski definition) is 1. The second kappa shape index (κ2) is 6.02. The monoisotopic (exact) mass is 256 g/mol. The van der Waals surface area contributed by atoms with Crippen molar-refractivity contribution < 1.29 is 9.53 Å². The average Bonchev–Trinajstić information content (AvgIpc) is 2.56. The van der Waals surface area contributed by atoms with Crippen LogP contribution in [-0.4, -0.2) is 31.0 Å². The van der Waals surface area contributed by atoms with Crippen molar-refractivity contribution >= 4 is 22.2 Å². The predicted molar refractivity (Wildman–Crippen MR) is 71.4 cm³/mol. The van der Waals surface area contributed by atoms with E-state index in [2.05, 4.69) is 0 Å². The fourth-order valence-corrected chi connectivity index (χ4v) is 2.83. The lowest BCUT2D eigenvalue weighted by molar-refractivity contribution is 0.0773. The van der Waals surface area contributed by atoms with Gasteiger partial charge in [0.1, 0.15) is 0 Å². The Morgan fingerprint density at radius 1 is 1.41 bits per heavy atom. The number of amides is 1. The van der Waals surface area contributed by atoms with E-state index in [0.29, 0.717) is 30.3 Å². The van der Waals surface area contributed by atoms with Crippen LogP contribution < -0.4 is 5.73 Å². The number of thiophene rings is 1. The topological polar surface area (TPSA) is 55.6 Å². The average molecular weight is 256 g/mol. The van der Waals surface area contributed by atoms with Crippen molar-refractivity contribution in [1.82, 2.24) is 4.90 Å². The van der Waals surface area contributed by atoms with Crippen molar-refractivity contribution in [1.29, 1.82) is 0 Å². The van der Waals surface area contributed by atoms with Crippen LogP contribution >= 0.6 is 11.3 Å². The Morgan fingerprint density at radius 3 is 2.47 bits per heavy atom. The molecule has 0 aliphatic rings. The maximum absolute atomic E-state index is 12.3. The summed E-state index contributed by atoms with van der Waals surface area (Å²) in [4.78, 5) is 15.1. The summed E-state index contributed by atoms with van der Waals surface area (Å²) in [7, 11) is 1.64. The van der Waals surface area contributed by atoms with Gasteiger partial charge in [0.15, 0.2) is 0 Å². The minimum absolute atomic E-state index is 0.0172. The van der Waals surface area contributed by atoms with Crippen LogP contribution in [0.1, 0.15) is 34.6 Å². The van der Waals surface area contributed by atoms with E-state index in [-0.39, 0.29) is 5.91 Å². The van der Waals surface area contributed by atoms with Crippen LogP contribution in [0, 0.1) is 6.92 Å². The molecule has 2 N–H and O–H groups in total. The van der Waals surface area contributed by atoms with Gasteiger partial charge >= 0.3 is 0 Å². The molecule has 0 radical (unpaired) electrons. The van der Waals surface area contributed by atoms with E-state index in [9.17, 15) is 4.79 Å². The minimum atomic E-state index is 0.0172. The normalized spacial score (nSPS) is 10.6. The second-order valence-electron chi connectivity index (χ2n) is 3.80. The Kier molecular flexibility index (Phi) is 4.96. The van der Waals surface area contributed by atoms with Gasteiger partial charge in [-0.25, -0.2) is 0 Å². The maximum Gasteiger partial charge on any atom is 0.257 e. The lowest BCUT2D eigenvalue weighted by Crippen LogP contribution is -2.31. The first kappa shape index (κ1) is 14.0. The van der Waals surface area contributed by atoms with E-state index in [4.69, 9.17) is 10.5 Å². The van der Waals surface area contributed by atoms with Crippen molar-refractivity contribution in [3.63, 3.8) is 0 Å². The van der Waals surface area contributed by atoms with Crippen molar-refractivity contribution in [2.45, 2.75) is 27.4 Å². The molecule has 5 heteroatoms. The van der Waals surface area contributed by atoms with Gasteiger partial charge in [-0.05, 0) is 26.3 Å². The van der Waals surface area contributed by atoms with Crippen molar-refractivity contribution in [2.24, 2.45) is 0 Å². The predicted octanol–water partition coefficient (Wildman–Crippen LogP) is 2.27. The first-order chi connectivity index (χ1) is 8.06. The molecule has 17 heavy (non-hydrogen) atoms. The first-order valence-electron chi connectivity index (χ1n) is 5.72. The first-order valence-corrected chi connectivity index (χ1v) is 6.54. The molecule has 1 rings (SSSR count). The number of nitrogens with two attached hydrogens (primary N) is 1. The molecule has 0 saturated heterocycles. The molecule has 0 aromatic carbocycles. The van der Waals surface area contributed by atoms with Gasteiger partial charge in [0.2, 0.25) is 0 Å². The number of rotatable bonds is 5. The van der Waals surface area contributed by atoms with Crippen LogP contribution in [0.2, 0.25) is 0 Å². The highest BCUT2D eigenvalue weighted by molar-refractivity contribution is 7.16. The van der Waals surface area contributed by atoms with E-state index < -0.39 is 0 Å². The molecule has 0 aliphatic heterocycles. The molecule has 0 bridgehead atoms. The molecule has 1 heterocycles. The highest BCUT2D eigenvalue weighted by Gasteiger charge is 2.22. The number of ether oxygens (including phenoxy) is 1. The van der Waals surface area contributed by atoms with Crippen LogP contribution in [0.15, 0.2) is 0 Å². The molecule has 96 valence electrons. The molecule has 1 aromatic rings. The lowest BCUT2D eigenvalue weighted by atomic mass is 10.1. The number of carbonyl (C=O) groups is 1. The number of nitrogen functional groups attached to an aromatic ring is 1. The van der Waals surface area contributed by atoms with E-state index in [0.717, 1.165) is 10.4 Å². The molecular weight excluding hydrogens is 236 g/mol. The zero-order valence-electron chi connectivity index (χ0n) is 10.9.